The number of imide groups is 1. The average molecular weight is 848 g/mol. The van der Waals surface area contributed by atoms with Crippen molar-refractivity contribution < 1.29 is 18.9 Å². The molecule has 3 N–H and O–H groups in total. The molecule has 3 aromatic carbocycles. The van der Waals surface area contributed by atoms with Crippen molar-refractivity contribution in [1.29, 1.82) is 0 Å². The Kier molecular flexibility index (Phi) is 10.4. The second-order valence-corrected chi connectivity index (χ2v) is 19.8. The molecule has 13 nitrogen and oxygen atoms in total. The van der Waals surface area contributed by atoms with Crippen LogP contribution in [0.1, 0.15) is 136 Å². The first kappa shape index (κ1) is 41.1. The third-order valence-electron chi connectivity index (χ3n) is 14.7. The minimum atomic E-state index is -0.399. The Balaban J connectivity index is 0.745. The molecule has 0 bridgehead atoms. The Bertz CT molecular complexity index is 2710. The van der Waals surface area contributed by atoms with Crippen LogP contribution in [0, 0.1) is 12.3 Å². The van der Waals surface area contributed by atoms with Gasteiger partial charge in [-0.2, -0.15) is 4.98 Å². The van der Waals surface area contributed by atoms with E-state index in [0.717, 1.165) is 63.0 Å². The summed E-state index contributed by atoms with van der Waals surface area (Å²) in [5, 5.41) is 11.6. The normalized spacial score (nSPS) is 22.3. The number of nitrogens with zero attached hydrogens (tertiary/aromatic N) is 6. The van der Waals surface area contributed by atoms with E-state index in [2.05, 4.69) is 108 Å². The first-order chi connectivity index (χ1) is 30.3. The van der Waals surface area contributed by atoms with E-state index in [1.165, 1.54) is 62.9 Å². The van der Waals surface area contributed by atoms with E-state index in [4.69, 9.17) is 9.51 Å². The number of anilines is 1. The first-order valence-corrected chi connectivity index (χ1v) is 22.8. The van der Waals surface area contributed by atoms with Crippen molar-refractivity contribution in [2.45, 2.75) is 115 Å². The third-order valence-corrected chi connectivity index (χ3v) is 14.7. The lowest BCUT2D eigenvalue weighted by Gasteiger charge is -2.51. The number of carbonyl (C=O) groups is 3. The van der Waals surface area contributed by atoms with E-state index in [1.54, 1.807) is 6.33 Å². The van der Waals surface area contributed by atoms with Gasteiger partial charge in [-0.05, 0) is 124 Å². The summed E-state index contributed by atoms with van der Waals surface area (Å²) >= 11 is 0. The average Bonchev–Trinajstić information content (AvgIpc) is 3.91. The van der Waals surface area contributed by atoms with Crippen molar-refractivity contribution in [2.75, 3.05) is 31.1 Å². The number of H-pyrrole nitrogens is 1. The van der Waals surface area contributed by atoms with Gasteiger partial charge in [0.2, 0.25) is 11.8 Å². The molecule has 1 aliphatic carbocycles. The van der Waals surface area contributed by atoms with Gasteiger partial charge in [-0.15, -0.1) is 0 Å². The summed E-state index contributed by atoms with van der Waals surface area (Å²) in [5.74, 6) is 0.0827. The van der Waals surface area contributed by atoms with Gasteiger partial charge in [0.25, 0.3) is 0 Å². The highest BCUT2D eigenvalue weighted by molar-refractivity contribution is 6.12. The number of fused-ring (bicyclic) bond motifs is 3. The van der Waals surface area contributed by atoms with E-state index in [1.807, 2.05) is 27.7 Å². The summed E-state index contributed by atoms with van der Waals surface area (Å²) in [6.45, 7) is 14.4. The number of piperidine rings is 3. The standard InChI is InChI=1S/C50H57N9O4/c1-29-24-33(10-12-37(29)30(2)53-46(62)47-56-48(57-63-47)49(3,4)5)43-42-39-13-11-35(27-40(39)54-44(42)52-28-51-43)58-20-16-50(17-21-58)18-22-59(23-19-50)36-25-34(26-36)31-6-8-32(9-7-31)38-14-15-41(60)55-45(38)61/h6-13,24,27-28,30,34,36,38H,14-23,25-26H2,1-5H3,(H,53,62)(H,51,52,54)(H,55,60,61)/t30-,34-,36+,38+/m1/s1. The fourth-order valence-corrected chi connectivity index (χ4v) is 10.7. The lowest BCUT2D eigenvalue weighted by atomic mass is 9.69. The van der Waals surface area contributed by atoms with E-state index in [-0.39, 0.29) is 35.1 Å². The monoisotopic (exact) mass is 847 g/mol. The van der Waals surface area contributed by atoms with E-state index < -0.39 is 5.91 Å². The Morgan fingerprint density at radius 3 is 2.35 bits per heavy atom. The number of amides is 3. The summed E-state index contributed by atoms with van der Waals surface area (Å²) in [7, 11) is 0. The predicted octanol–water partition coefficient (Wildman–Crippen LogP) is 8.41. The highest BCUT2D eigenvalue weighted by Crippen LogP contribution is 2.47. The maximum Gasteiger partial charge on any atom is 0.315 e. The molecule has 3 aliphatic heterocycles. The molecule has 4 aliphatic rings. The number of carbonyl (C=O) groups excluding carboxylic acids is 3. The molecule has 1 spiro atoms. The smallest absolute Gasteiger partial charge is 0.315 e. The molecule has 2 atom stereocenters. The molecule has 6 aromatic rings. The van der Waals surface area contributed by atoms with Crippen molar-refractivity contribution in [2.24, 2.45) is 5.41 Å². The number of benzene rings is 3. The minimum Gasteiger partial charge on any atom is -0.371 e. The summed E-state index contributed by atoms with van der Waals surface area (Å²) in [6, 6.07) is 22.0. The number of aromatic nitrogens is 5. The lowest BCUT2D eigenvalue weighted by Crippen LogP contribution is -2.52. The second-order valence-electron chi connectivity index (χ2n) is 19.8. The number of hydrogen-bond acceptors (Lipinski definition) is 10. The predicted molar refractivity (Wildman–Crippen MR) is 242 cm³/mol. The molecular formula is C50H57N9O4. The molecule has 3 amide bonds. The zero-order chi connectivity index (χ0) is 43.6. The first-order valence-electron chi connectivity index (χ1n) is 22.8. The van der Waals surface area contributed by atoms with Crippen molar-refractivity contribution in [3.8, 4) is 11.3 Å². The molecule has 63 heavy (non-hydrogen) atoms. The zero-order valence-corrected chi connectivity index (χ0v) is 37.0. The van der Waals surface area contributed by atoms with Crippen LogP contribution >= 0.6 is 0 Å². The SMILES string of the molecule is Cc1cc(-c2ncnc3[nH]c4cc(N5CCC6(CC5)CCN([C@H]5C[C@@H](c7ccc([C@@H]8CCC(=O)NC8=O)cc7)C5)CC6)ccc4c23)ccc1[C@@H](C)NC(=O)c1nc(C(C)(C)C)no1. The van der Waals surface area contributed by atoms with Crippen molar-refractivity contribution in [3.05, 3.63) is 101 Å². The molecule has 3 saturated heterocycles. The number of aromatic amines is 1. The number of aryl methyl sites for hydroxylation is 1. The molecule has 4 fully saturated rings. The van der Waals surface area contributed by atoms with Gasteiger partial charge in [0, 0.05) is 53.1 Å². The van der Waals surface area contributed by atoms with Gasteiger partial charge in [-0.25, -0.2) is 9.97 Å². The largest absolute Gasteiger partial charge is 0.371 e. The van der Waals surface area contributed by atoms with E-state index in [0.29, 0.717) is 36.0 Å². The maximum atomic E-state index is 13.0. The molecule has 3 aromatic heterocycles. The molecule has 10 rings (SSSR count). The molecule has 326 valence electrons. The summed E-state index contributed by atoms with van der Waals surface area (Å²) < 4.78 is 5.27. The van der Waals surface area contributed by atoms with Gasteiger partial charge in [0.15, 0.2) is 5.82 Å². The highest BCUT2D eigenvalue weighted by Gasteiger charge is 2.42. The number of likely N-dealkylation sites (tertiary alicyclic amines) is 1. The molecule has 0 unspecified atom stereocenters. The molecule has 0 radical (unpaired) electrons. The number of hydrogen-bond donors (Lipinski definition) is 3. The Morgan fingerprint density at radius 2 is 1.65 bits per heavy atom. The quantitative estimate of drug-likeness (QED) is 0.127. The van der Waals surface area contributed by atoms with Crippen LogP contribution in [0.15, 0.2) is 71.5 Å². The minimum absolute atomic E-state index is 0.0392. The Morgan fingerprint density at radius 1 is 0.921 bits per heavy atom. The van der Waals surface area contributed by atoms with Crippen LogP contribution in [0.2, 0.25) is 0 Å². The summed E-state index contributed by atoms with van der Waals surface area (Å²) in [5.41, 5.74) is 9.49. The molecule has 13 heteroatoms. The Labute approximate surface area is 367 Å². The molecule has 1 saturated carbocycles. The van der Waals surface area contributed by atoms with Gasteiger partial charge in [0.05, 0.1) is 23.0 Å². The van der Waals surface area contributed by atoms with Gasteiger partial charge in [-0.1, -0.05) is 68.4 Å². The third kappa shape index (κ3) is 7.89. The van der Waals surface area contributed by atoms with Gasteiger partial charge in [0.1, 0.15) is 12.0 Å². The number of rotatable bonds is 8. The van der Waals surface area contributed by atoms with Gasteiger partial charge >= 0.3 is 11.8 Å². The van der Waals surface area contributed by atoms with Crippen LogP contribution in [0.4, 0.5) is 5.69 Å². The number of nitrogens with one attached hydrogen (secondary N) is 3. The summed E-state index contributed by atoms with van der Waals surface area (Å²) in [6.07, 6.45) is 10.0. The summed E-state index contributed by atoms with van der Waals surface area (Å²) in [4.78, 5) is 59.6. The van der Waals surface area contributed by atoms with Crippen LogP contribution in [0.25, 0.3) is 33.2 Å². The topological polar surface area (TPSA) is 162 Å². The Hall–Kier alpha value is -5.95. The van der Waals surface area contributed by atoms with Crippen LogP contribution in [-0.4, -0.2) is 79.9 Å². The van der Waals surface area contributed by atoms with Gasteiger partial charge in [-0.3, -0.25) is 19.7 Å². The fourth-order valence-electron chi connectivity index (χ4n) is 10.7. The fraction of sp³-hybridized carbons (Fsp3) is 0.460. The van der Waals surface area contributed by atoms with Crippen molar-refractivity contribution >= 4 is 45.3 Å². The van der Waals surface area contributed by atoms with Gasteiger partial charge < -0.3 is 24.6 Å². The van der Waals surface area contributed by atoms with Crippen LogP contribution in [0.3, 0.4) is 0 Å². The van der Waals surface area contributed by atoms with Crippen LogP contribution < -0.4 is 15.5 Å². The van der Waals surface area contributed by atoms with Crippen LogP contribution in [0.5, 0.6) is 0 Å². The second kappa shape index (κ2) is 16.0. The highest BCUT2D eigenvalue weighted by atomic mass is 16.5. The molecule has 6 heterocycles. The lowest BCUT2D eigenvalue weighted by molar-refractivity contribution is -0.134. The van der Waals surface area contributed by atoms with Crippen molar-refractivity contribution in [3.63, 3.8) is 0 Å². The van der Waals surface area contributed by atoms with Crippen molar-refractivity contribution in [1.82, 2.24) is 40.6 Å². The van der Waals surface area contributed by atoms with E-state index in [9.17, 15) is 14.4 Å². The van der Waals surface area contributed by atoms with Crippen LogP contribution in [-0.2, 0) is 15.0 Å². The molecular weight excluding hydrogens is 791 g/mol. The van der Waals surface area contributed by atoms with E-state index >= 15 is 0 Å². The zero-order valence-electron chi connectivity index (χ0n) is 37.0. The maximum absolute atomic E-state index is 13.0.